The summed E-state index contributed by atoms with van der Waals surface area (Å²) in [6.07, 6.45) is 2.47. The fourth-order valence-corrected chi connectivity index (χ4v) is 4.81. The smallest absolute Gasteiger partial charge is 0.332 e. The van der Waals surface area contributed by atoms with Gasteiger partial charge in [0, 0.05) is 17.8 Å². The van der Waals surface area contributed by atoms with Crippen molar-refractivity contribution in [1.29, 1.82) is 0 Å². The molecule has 16 nitrogen and oxygen atoms in total. The average molecular weight is 742 g/mol. The lowest BCUT2D eigenvalue weighted by atomic mass is 10.1. The number of benzene rings is 2. The van der Waals surface area contributed by atoms with Gasteiger partial charge in [-0.3, -0.25) is 4.72 Å². The predicted molar refractivity (Wildman–Crippen MR) is 188 cm³/mol. The molecule has 276 valence electrons. The second-order valence-electron chi connectivity index (χ2n) is 10.3. The molecule has 0 radical (unpaired) electrons. The summed E-state index contributed by atoms with van der Waals surface area (Å²) in [5.41, 5.74) is 2.13. The molecule has 3 aromatic rings. The second kappa shape index (κ2) is 21.2. The Hall–Kier alpha value is -4.13. The molecule has 50 heavy (non-hydrogen) atoms. The molecule has 0 saturated heterocycles. The van der Waals surface area contributed by atoms with E-state index in [2.05, 4.69) is 25.3 Å². The van der Waals surface area contributed by atoms with E-state index >= 15 is 0 Å². The van der Waals surface area contributed by atoms with Crippen molar-refractivity contribution in [3.8, 4) is 17.2 Å². The Morgan fingerprint density at radius 3 is 2.10 bits per heavy atom. The van der Waals surface area contributed by atoms with Crippen LogP contribution in [0, 0.1) is 6.92 Å². The van der Waals surface area contributed by atoms with Crippen LogP contribution < -0.4 is 29.6 Å². The highest BCUT2D eigenvalue weighted by Gasteiger charge is 2.15. The highest BCUT2D eigenvalue weighted by atomic mass is 35.5. The van der Waals surface area contributed by atoms with E-state index in [-0.39, 0.29) is 35.7 Å². The van der Waals surface area contributed by atoms with Crippen molar-refractivity contribution in [3.63, 3.8) is 0 Å². The first-order valence-corrected chi connectivity index (χ1v) is 17.8. The van der Waals surface area contributed by atoms with Crippen LogP contribution in [0.1, 0.15) is 12.5 Å². The molecule has 0 amide bonds. The van der Waals surface area contributed by atoms with Crippen molar-refractivity contribution >= 4 is 56.4 Å². The van der Waals surface area contributed by atoms with Crippen molar-refractivity contribution < 1.29 is 51.1 Å². The SMILES string of the molecule is CCOC(=O)COCCOCCOCCOCCOc1cc(Nc2ncc(Cl)c(Nc3ccc(OC)cc3NS(C)(=O)=O)n2)c(C)cc1OC. The van der Waals surface area contributed by atoms with Crippen molar-refractivity contribution in [2.75, 3.05) is 102 Å². The molecule has 1 heterocycles. The number of rotatable bonds is 24. The number of anilines is 5. The maximum atomic E-state index is 12.0. The first-order valence-electron chi connectivity index (χ1n) is 15.5. The van der Waals surface area contributed by atoms with Crippen molar-refractivity contribution in [2.24, 2.45) is 0 Å². The number of aryl methyl sites for hydroxylation is 1. The quantitative estimate of drug-likeness (QED) is 0.0870. The van der Waals surface area contributed by atoms with Gasteiger partial charge in [-0.15, -0.1) is 0 Å². The third kappa shape index (κ3) is 14.4. The normalized spacial score (nSPS) is 11.2. The standard InChI is InChI=1S/C32H44ClN5O11S/c1-6-48-30(39)21-47-14-13-45-10-9-44-11-12-46-15-16-49-29-19-26(22(2)17-28(29)43-4)36-32-34-20-24(33)31(37-32)35-25-8-7-23(42-3)18-27(25)38-50(5,40)41/h7-8,17-20,38H,6,9-16,21H2,1-5H3,(H2,34,35,36,37). The Morgan fingerprint density at radius 1 is 0.820 bits per heavy atom. The molecule has 0 bridgehead atoms. The zero-order valence-corrected chi connectivity index (χ0v) is 30.3. The number of carbonyl (C=O) groups is 1. The minimum Gasteiger partial charge on any atom is -0.497 e. The van der Waals surface area contributed by atoms with Crippen LogP contribution in [0.15, 0.2) is 36.5 Å². The van der Waals surface area contributed by atoms with E-state index in [1.165, 1.54) is 19.4 Å². The predicted octanol–water partition coefficient (Wildman–Crippen LogP) is 4.32. The van der Waals surface area contributed by atoms with Crippen LogP contribution >= 0.6 is 11.6 Å². The number of hydrogen-bond acceptors (Lipinski definition) is 15. The van der Waals surface area contributed by atoms with Gasteiger partial charge in [0.05, 0.1) is 90.9 Å². The summed E-state index contributed by atoms with van der Waals surface area (Å²) in [5, 5.41) is 6.45. The van der Waals surface area contributed by atoms with Gasteiger partial charge in [0.2, 0.25) is 16.0 Å². The molecule has 0 aliphatic rings. The van der Waals surface area contributed by atoms with E-state index in [0.29, 0.717) is 81.5 Å². The molecule has 0 unspecified atom stereocenters. The van der Waals surface area contributed by atoms with E-state index in [0.717, 1.165) is 11.8 Å². The number of methoxy groups -OCH3 is 2. The molecule has 18 heteroatoms. The zero-order valence-electron chi connectivity index (χ0n) is 28.7. The van der Waals surface area contributed by atoms with E-state index in [9.17, 15) is 13.2 Å². The minimum absolute atomic E-state index is 0.0921. The fraction of sp³-hybridized carbons (Fsp3) is 0.469. The van der Waals surface area contributed by atoms with Crippen LogP contribution in [-0.2, 0) is 38.5 Å². The average Bonchev–Trinajstić information content (AvgIpc) is 3.07. The van der Waals surface area contributed by atoms with Gasteiger partial charge >= 0.3 is 5.97 Å². The van der Waals surface area contributed by atoms with Gasteiger partial charge in [0.15, 0.2) is 17.3 Å². The molecule has 3 rings (SSSR count). The van der Waals surface area contributed by atoms with Crippen LogP contribution in [0.5, 0.6) is 17.2 Å². The van der Waals surface area contributed by atoms with E-state index in [4.69, 9.17) is 49.5 Å². The monoisotopic (exact) mass is 741 g/mol. The van der Waals surface area contributed by atoms with Gasteiger partial charge in [-0.25, -0.2) is 18.2 Å². The molecular formula is C32H44ClN5O11S. The van der Waals surface area contributed by atoms with Gasteiger partial charge < -0.3 is 48.5 Å². The highest BCUT2D eigenvalue weighted by Crippen LogP contribution is 2.36. The van der Waals surface area contributed by atoms with Gasteiger partial charge in [0.25, 0.3) is 0 Å². The van der Waals surface area contributed by atoms with E-state index in [1.807, 2.05) is 13.0 Å². The molecular weight excluding hydrogens is 698 g/mol. The number of sulfonamides is 1. The number of ether oxygens (including phenoxy) is 8. The molecule has 2 aromatic carbocycles. The number of carbonyl (C=O) groups excluding carboxylic acids is 1. The lowest BCUT2D eigenvalue weighted by Crippen LogP contribution is -2.16. The topological polar surface area (TPSA) is 187 Å². The minimum atomic E-state index is -3.59. The van der Waals surface area contributed by atoms with Gasteiger partial charge in [-0.2, -0.15) is 4.98 Å². The highest BCUT2D eigenvalue weighted by molar-refractivity contribution is 7.92. The lowest BCUT2D eigenvalue weighted by molar-refractivity contribution is -0.149. The maximum Gasteiger partial charge on any atom is 0.332 e. The Kier molecular flexibility index (Phi) is 17.1. The Morgan fingerprint density at radius 2 is 1.48 bits per heavy atom. The molecule has 0 spiro atoms. The largest absolute Gasteiger partial charge is 0.497 e. The summed E-state index contributed by atoms with van der Waals surface area (Å²) in [6, 6.07) is 8.42. The van der Waals surface area contributed by atoms with Crippen LogP contribution in [0.3, 0.4) is 0 Å². The first kappa shape index (κ1) is 40.3. The number of esters is 1. The Balaban J connectivity index is 1.48. The number of halogens is 1. The first-order chi connectivity index (χ1) is 24.0. The molecule has 0 aliphatic heterocycles. The molecule has 0 aliphatic carbocycles. The number of nitrogens with zero attached hydrogens (tertiary/aromatic N) is 2. The third-order valence-electron chi connectivity index (χ3n) is 6.40. The van der Waals surface area contributed by atoms with Crippen molar-refractivity contribution in [3.05, 3.63) is 47.1 Å². The summed E-state index contributed by atoms with van der Waals surface area (Å²) in [4.78, 5) is 20.0. The molecule has 0 fully saturated rings. The van der Waals surface area contributed by atoms with Crippen LogP contribution in [0.25, 0.3) is 0 Å². The Labute approximate surface area is 297 Å². The lowest BCUT2D eigenvalue weighted by Gasteiger charge is -2.17. The van der Waals surface area contributed by atoms with Gasteiger partial charge in [-0.05, 0) is 37.6 Å². The summed E-state index contributed by atoms with van der Waals surface area (Å²) in [5.74, 6) is 1.53. The number of hydrogen-bond donors (Lipinski definition) is 3. The summed E-state index contributed by atoms with van der Waals surface area (Å²) < 4.78 is 69.5. The third-order valence-corrected chi connectivity index (χ3v) is 7.27. The van der Waals surface area contributed by atoms with Crippen LogP contribution in [-0.4, -0.2) is 111 Å². The van der Waals surface area contributed by atoms with E-state index < -0.39 is 16.0 Å². The molecule has 3 N–H and O–H groups in total. The zero-order chi connectivity index (χ0) is 36.4. The second-order valence-corrected chi connectivity index (χ2v) is 12.4. The van der Waals surface area contributed by atoms with Gasteiger partial charge in [0.1, 0.15) is 24.0 Å². The number of nitrogens with one attached hydrogen (secondary N) is 3. The summed E-state index contributed by atoms with van der Waals surface area (Å²) in [7, 11) is -0.559. The van der Waals surface area contributed by atoms with Crippen LogP contribution in [0.4, 0.5) is 28.8 Å². The number of aromatic nitrogens is 2. The van der Waals surface area contributed by atoms with Crippen LogP contribution in [0.2, 0.25) is 5.02 Å². The molecule has 0 saturated carbocycles. The summed E-state index contributed by atoms with van der Waals surface area (Å²) in [6.45, 7) is 6.60. The molecule has 1 aromatic heterocycles. The van der Waals surface area contributed by atoms with E-state index in [1.54, 1.807) is 32.2 Å². The van der Waals surface area contributed by atoms with Gasteiger partial charge in [-0.1, -0.05) is 11.6 Å². The summed E-state index contributed by atoms with van der Waals surface area (Å²) >= 11 is 6.39. The maximum absolute atomic E-state index is 12.0. The molecule has 0 atom stereocenters. The fourth-order valence-electron chi connectivity index (χ4n) is 4.10. The van der Waals surface area contributed by atoms with Crippen molar-refractivity contribution in [2.45, 2.75) is 13.8 Å². The van der Waals surface area contributed by atoms with Crippen molar-refractivity contribution in [1.82, 2.24) is 9.97 Å². The Bertz CT molecular complexity index is 1630.